The van der Waals surface area contributed by atoms with Crippen LogP contribution in [0.25, 0.3) is 0 Å². The van der Waals surface area contributed by atoms with Gasteiger partial charge in [-0.15, -0.1) is 9.42 Å². The van der Waals surface area contributed by atoms with E-state index in [-0.39, 0.29) is 18.8 Å². The lowest BCUT2D eigenvalue weighted by Crippen LogP contribution is -2.38. The van der Waals surface area contributed by atoms with E-state index >= 15 is 0 Å². The average molecular weight is 803 g/mol. The summed E-state index contributed by atoms with van der Waals surface area (Å²) in [6, 6.07) is 29.3. The summed E-state index contributed by atoms with van der Waals surface area (Å²) in [7, 11) is -2.95. The second-order valence-electron chi connectivity index (χ2n) is 15.0. The van der Waals surface area contributed by atoms with E-state index in [2.05, 4.69) is 16.9 Å². The van der Waals surface area contributed by atoms with Crippen LogP contribution in [0, 0.1) is 5.92 Å². The van der Waals surface area contributed by atoms with Gasteiger partial charge in [0.1, 0.15) is 17.5 Å². The first kappa shape index (κ1) is 45.9. The lowest BCUT2D eigenvalue weighted by atomic mass is 9.79. The molecule has 10 nitrogen and oxygen atoms in total. The molecule has 0 saturated heterocycles. The Morgan fingerprint density at radius 1 is 0.737 bits per heavy atom. The Bertz CT molecular complexity index is 1630. The zero-order valence-corrected chi connectivity index (χ0v) is 34.7. The topological polar surface area (TPSA) is 157 Å². The predicted octanol–water partition coefficient (Wildman–Crippen LogP) is 10.3. The van der Waals surface area contributed by atoms with E-state index in [1.165, 1.54) is 83.2 Å². The third kappa shape index (κ3) is 15.2. The molecule has 3 unspecified atom stereocenters. The van der Waals surface area contributed by atoms with Crippen molar-refractivity contribution in [1.82, 2.24) is 9.97 Å². The maximum atomic E-state index is 12.3. The number of benzene rings is 3. The van der Waals surface area contributed by atoms with Crippen LogP contribution >= 0.6 is 8.25 Å². The molecule has 1 aromatic heterocycles. The Labute approximate surface area is 340 Å². The highest BCUT2D eigenvalue weighted by molar-refractivity contribution is 7.32. The fraction of sp³-hybridized carbons (Fsp3) is 0.522. The van der Waals surface area contributed by atoms with Crippen LogP contribution in [0.15, 0.2) is 102 Å². The smallest absolute Gasteiger partial charge is 0.396 e. The molecule has 0 aliphatic carbocycles. The minimum absolute atomic E-state index is 0.0451. The van der Waals surface area contributed by atoms with Gasteiger partial charge in [-0.1, -0.05) is 181 Å². The van der Waals surface area contributed by atoms with E-state index in [4.69, 9.17) is 19.7 Å². The average Bonchev–Trinajstić information content (AvgIpc) is 3.23. The number of nitrogen functional groups attached to an aromatic ring is 1. The number of aromatic amines is 1. The number of ether oxygens (including phenoxy) is 2. The van der Waals surface area contributed by atoms with E-state index in [9.17, 15) is 19.4 Å². The standard InChI is InChI=1S/C46H64N3O7P/c1-2-3-4-5-6-7-8-9-10-11-12-13-14-24-32-54-33-31-41(56-57(52)53)34-37(36-50)43(42-35-48-45(51)49-44(42)47)55-46(38-25-18-15-19-26-38,39-27-20-16-21-28-39)40-29-22-17-23-30-40/h15-23,25-30,35,37,41,43,50H,2-14,24,31-34,36H2,1H3,(H3-,47,48,49,51,52,53)/p+1/t37?,41?,43-/m0/s1. The summed E-state index contributed by atoms with van der Waals surface area (Å²) in [4.78, 5) is 28.7. The first-order valence-corrected chi connectivity index (χ1v) is 22.2. The summed E-state index contributed by atoms with van der Waals surface area (Å²) in [6.07, 6.45) is 18.1. The molecule has 4 atom stereocenters. The second-order valence-corrected chi connectivity index (χ2v) is 15.7. The largest absolute Gasteiger partial charge is 0.694 e. The maximum absolute atomic E-state index is 12.3. The Balaban J connectivity index is 1.43. The number of unbranched alkanes of at least 4 members (excludes halogenated alkanes) is 13. The van der Waals surface area contributed by atoms with Gasteiger partial charge in [0.15, 0.2) is 0 Å². The highest BCUT2D eigenvalue weighted by Gasteiger charge is 2.43. The molecule has 0 aliphatic heterocycles. The van der Waals surface area contributed by atoms with Gasteiger partial charge in [0.2, 0.25) is 0 Å². The number of nitrogens with zero attached hydrogens (tertiary/aromatic N) is 1. The Morgan fingerprint density at radius 3 is 1.65 bits per heavy atom. The molecule has 4 rings (SSSR count). The Kier molecular flexibility index (Phi) is 21.2. The molecule has 3 aromatic carbocycles. The van der Waals surface area contributed by atoms with Crippen LogP contribution in [0.1, 0.15) is 138 Å². The van der Waals surface area contributed by atoms with Crippen molar-refractivity contribution >= 4 is 14.1 Å². The third-order valence-electron chi connectivity index (χ3n) is 10.7. The molecule has 0 aliphatic rings. The van der Waals surface area contributed by atoms with Gasteiger partial charge in [-0.05, 0) is 29.5 Å². The number of H-pyrrole nitrogens is 1. The van der Waals surface area contributed by atoms with Crippen molar-refractivity contribution in [2.45, 2.75) is 127 Å². The molecule has 57 heavy (non-hydrogen) atoms. The lowest BCUT2D eigenvalue weighted by Gasteiger charge is -2.41. The van der Waals surface area contributed by atoms with Crippen molar-refractivity contribution in [3.63, 3.8) is 0 Å². The molecule has 310 valence electrons. The van der Waals surface area contributed by atoms with Crippen LogP contribution < -0.4 is 11.4 Å². The number of aromatic nitrogens is 2. The van der Waals surface area contributed by atoms with Crippen molar-refractivity contribution in [3.05, 3.63) is 130 Å². The summed E-state index contributed by atoms with van der Waals surface area (Å²) in [5.41, 5.74) is 7.46. The fourth-order valence-corrected chi connectivity index (χ4v) is 8.11. The van der Waals surface area contributed by atoms with Gasteiger partial charge < -0.3 is 20.3 Å². The number of nitrogens with one attached hydrogen (secondary N) is 1. The van der Waals surface area contributed by atoms with E-state index in [0.29, 0.717) is 25.2 Å². The quantitative estimate of drug-likeness (QED) is 0.0229. The molecule has 1 heterocycles. The molecular weight excluding hydrogens is 737 g/mol. The lowest BCUT2D eigenvalue weighted by molar-refractivity contribution is -0.0946. The summed E-state index contributed by atoms with van der Waals surface area (Å²) >= 11 is 0. The molecule has 4 aromatic rings. The molecule has 11 heteroatoms. The maximum Gasteiger partial charge on any atom is 0.694 e. The molecule has 0 radical (unpaired) electrons. The van der Waals surface area contributed by atoms with Crippen molar-refractivity contribution < 1.29 is 28.6 Å². The first-order chi connectivity index (χ1) is 27.9. The number of anilines is 1. The predicted molar refractivity (Wildman–Crippen MR) is 228 cm³/mol. The Hall–Kier alpha value is -3.76. The normalized spacial score (nSPS) is 13.6. The highest BCUT2D eigenvalue weighted by Crippen LogP contribution is 2.47. The second kappa shape index (κ2) is 26.3. The highest BCUT2D eigenvalue weighted by atomic mass is 31.1. The third-order valence-corrected chi connectivity index (χ3v) is 11.2. The van der Waals surface area contributed by atoms with E-state index in [0.717, 1.165) is 29.5 Å². The molecule has 0 saturated carbocycles. The van der Waals surface area contributed by atoms with E-state index < -0.39 is 37.7 Å². The monoisotopic (exact) mass is 802 g/mol. The summed E-state index contributed by atoms with van der Waals surface area (Å²) in [5.74, 6) is -0.676. The van der Waals surface area contributed by atoms with Crippen molar-refractivity contribution in [2.75, 3.05) is 25.6 Å². The van der Waals surface area contributed by atoms with Gasteiger partial charge in [-0.3, -0.25) is 4.98 Å². The van der Waals surface area contributed by atoms with E-state index in [1.807, 2.05) is 91.0 Å². The minimum atomic E-state index is -2.95. The molecule has 0 spiro atoms. The number of hydrogen-bond donors (Lipinski definition) is 4. The van der Waals surface area contributed by atoms with Crippen LogP contribution in [0.4, 0.5) is 5.82 Å². The van der Waals surface area contributed by atoms with Crippen LogP contribution in [0.2, 0.25) is 0 Å². The number of aliphatic hydroxyl groups is 1. The van der Waals surface area contributed by atoms with Gasteiger partial charge in [0.25, 0.3) is 0 Å². The fourth-order valence-electron chi connectivity index (χ4n) is 7.66. The Morgan fingerprint density at radius 2 is 1.21 bits per heavy atom. The summed E-state index contributed by atoms with van der Waals surface area (Å²) in [6.45, 7) is 2.79. The zero-order valence-electron chi connectivity index (χ0n) is 33.8. The van der Waals surface area contributed by atoms with Gasteiger partial charge in [0.05, 0.1) is 6.10 Å². The van der Waals surface area contributed by atoms with E-state index in [1.54, 1.807) is 0 Å². The van der Waals surface area contributed by atoms with Crippen molar-refractivity contribution in [1.29, 1.82) is 0 Å². The molecule has 0 fully saturated rings. The molecule has 5 N–H and O–H groups in total. The van der Waals surface area contributed by atoms with Crippen LogP contribution in [-0.2, 0) is 24.2 Å². The zero-order chi connectivity index (χ0) is 40.6. The van der Waals surface area contributed by atoms with Gasteiger partial charge in [-0.25, -0.2) is 9.78 Å². The minimum Gasteiger partial charge on any atom is -0.396 e. The summed E-state index contributed by atoms with van der Waals surface area (Å²) in [5, 5.41) is 11.1. The van der Waals surface area contributed by atoms with Gasteiger partial charge in [0, 0.05) is 48.5 Å². The molecule has 0 bridgehead atoms. The van der Waals surface area contributed by atoms with Crippen LogP contribution in [0.5, 0.6) is 0 Å². The first-order valence-electron chi connectivity index (χ1n) is 21.1. The van der Waals surface area contributed by atoms with Crippen LogP contribution in [-0.4, -0.2) is 45.9 Å². The SMILES string of the molecule is CCCCCCCCCCCCCCCCOCCC(CC(CO)[C@H](OC(c1ccccc1)(c1ccccc1)c1ccccc1)c1cnc(=O)[nH]c1N)O[P+](=O)O. The molecular formula is C46H65N3O7P+. The number of rotatable bonds is 30. The van der Waals surface area contributed by atoms with Crippen molar-refractivity contribution in [2.24, 2.45) is 5.92 Å². The van der Waals surface area contributed by atoms with Gasteiger partial charge in [-0.2, -0.15) is 0 Å². The number of hydrogen-bond acceptors (Lipinski definition) is 8. The molecule has 0 amide bonds. The number of aliphatic hydroxyl groups excluding tert-OH is 1. The van der Waals surface area contributed by atoms with Gasteiger partial charge >= 0.3 is 13.9 Å². The summed E-state index contributed by atoms with van der Waals surface area (Å²) < 4.78 is 31.0. The van der Waals surface area contributed by atoms with Crippen molar-refractivity contribution in [3.8, 4) is 0 Å². The number of nitrogens with two attached hydrogens (primary N) is 1. The van der Waals surface area contributed by atoms with Crippen LogP contribution in [0.3, 0.4) is 0 Å².